The van der Waals surface area contributed by atoms with E-state index in [1.807, 2.05) is 11.8 Å². The Morgan fingerprint density at radius 2 is 1.95 bits per heavy atom. The van der Waals surface area contributed by atoms with Crippen molar-refractivity contribution in [2.45, 2.75) is 44.8 Å². The molecule has 2 bridgehead atoms. The van der Waals surface area contributed by atoms with Crippen LogP contribution in [0.15, 0.2) is 0 Å². The summed E-state index contributed by atoms with van der Waals surface area (Å²) >= 11 is 0. The molecular weight excluding hydrogens is 292 g/mol. The fourth-order valence-electron chi connectivity index (χ4n) is 3.67. The summed E-state index contributed by atoms with van der Waals surface area (Å²) in [6.07, 6.45) is 3.05. The molecule has 0 aromatic carbocycles. The van der Waals surface area contributed by atoms with Gasteiger partial charge in [-0.2, -0.15) is 4.31 Å². The first-order valence-corrected chi connectivity index (χ1v) is 9.54. The molecule has 0 saturated carbocycles. The zero-order valence-corrected chi connectivity index (χ0v) is 13.3. The van der Waals surface area contributed by atoms with E-state index in [0.29, 0.717) is 25.9 Å². The third-order valence-corrected chi connectivity index (χ3v) is 6.72. The van der Waals surface area contributed by atoms with Crippen LogP contribution in [0, 0.1) is 5.92 Å². The van der Waals surface area contributed by atoms with Crippen LogP contribution < -0.4 is 0 Å². The Morgan fingerprint density at radius 3 is 2.62 bits per heavy atom. The number of amides is 1. The van der Waals surface area contributed by atoms with Gasteiger partial charge in [0.1, 0.15) is 0 Å². The number of fused-ring (bicyclic) bond motifs is 2. The average Bonchev–Trinajstić information content (AvgIpc) is 3.06. The van der Waals surface area contributed by atoms with Gasteiger partial charge in [-0.1, -0.05) is 6.92 Å². The molecule has 0 aromatic rings. The number of sulfonamides is 1. The summed E-state index contributed by atoms with van der Waals surface area (Å²) in [6, 6.07) is 0. The first kappa shape index (κ1) is 15.2. The molecular formula is C14H24N2O4S. The second kappa shape index (κ2) is 5.85. The van der Waals surface area contributed by atoms with Crippen molar-refractivity contribution in [1.82, 2.24) is 9.21 Å². The van der Waals surface area contributed by atoms with E-state index in [-0.39, 0.29) is 29.8 Å². The third kappa shape index (κ3) is 2.96. The zero-order valence-electron chi connectivity index (χ0n) is 12.5. The molecule has 0 N–H and O–H groups in total. The van der Waals surface area contributed by atoms with E-state index in [0.717, 1.165) is 25.9 Å². The molecule has 0 radical (unpaired) electrons. The van der Waals surface area contributed by atoms with Crippen molar-refractivity contribution < 1.29 is 17.9 Å². The first-order valence-electron chi connectivity index (χ1n) is 7.93. The van der Waals surface area contributed by atoms with Gasteiger partial charge in [0.15, 0.2) is 0 Å². The van der Waals surface area contributed by atoms with Crippen molar-refractivity contribution in [2.75, 3.05) is 31.9 Å². The second-order valence-corrected chi connectivity index (χ2v) is 8.39. The Balaban J connectivity index is 1.69. The van der Waals surface area contributed by atoms with E-state index in [1.54, 1.807) is 0 Å². The number of carbonyl (C=O) groups is 1. The predicted molar refractivity (Wildman–Crippen MR) is 78.2 cm³/mol. The van der Waals surface area contributed by atoms with Crippen molar-refractivity contribution in [3.05, 3.63) is 0 Å². The van der Waals surface area contributed by atoms with Gasteiger partial charge in [0.2, 0.25) is 15.9 Å². The van der Waals surface area contributed by atoms with E-state index >= 15 is 0 Å². The molecule has 1 amide bonds. The molecule has 21 heavy (non-hydrogen) atoms. The summed E-state index contributed by atoms with van der Waals surface area (Å²) in [5, 5.41) is 0. The number of carbonyl (C=O) groups excluding carboxylic acids is 1. The van der Waals surface area contributed by atoms with Gasteiger partial charge in [-0.15, -0.1) is 0 Å². The number of likely N-dealkylation sites (tertiary alicyclic amines) is 1. The molecule has 0 unspecified atom stereocenters. The highest BCUT2D eigenvalue weighted by Gasteiger charge is 2.48. The smallest absolute Gasteiger partial charge is 0.228 e. The number of rotatable bonds is 4. The van der Waals surface area contributed by atoms with Crippen LogP contribution in [0.2, 0.25) is 0 Å². The molecule has 3 aliphatic heterocycles. The summed E-state index contributed by atoms with van der Waals surface area (Å²) in [4.78, 5) is 14.5. The van der Waals surface area contributed by atoms with Crippen LogP contribution >= 0.6 is 0 Å². The van der Waals surface area contributed by atoms with Crippen molar-refractivity contribution in [3.8, 4) is 0 Å². The number of morpholine rings is 1. The average molecular weight is 316 g/mol. The number of ether oxygens (including phenoxy) is 1. The van der Waals surface area contributed by atoms with Gasteiger partial charge in [-0.3, -0.25) is 4.79 Å². The van der Waals surface area contributed by atoms with Crippen molar-refractivity contribution in [2.24, 2.45) is 5.92 Å². The topological polar surface area (TPSA) is 66.9 Å². The normalized spacial score (nSPS) is 33.6. The van der Waals surface area contributed by atoms with Gasteiger partial charge in [0.25, 0.3) is 0 Å². The molecule has 7 heteroatoms. The van der Waals surface area contributed by atoms with E-state index in [1.165, 1.54) is 4.31 Å². The molecule has 3 fully saturated rings. The fourth-order valence-corrected chi connectivity index (χ4v) is 5.21. The summed E-state index contributed by atoms with van der Waals surface area (Å²) in [7, 11) is -3.20. The van der Waals surface area contributed by atoms with Gasteiger partial charge in [-0.05, 0) is 25.7 Å². The maximum Gasteiger partial charge on any atom is 0.228 e. The Labute approximate surface area is 126 Å². The van der Waals surface area contributed by atoms with Gasteiger partial charge >= 0.3 is 0 Å². The lowest BCUT2D eigenvalue weighted by Gasteiger charge is -2.32. The van der Waals surface area contributed by atoms with E-state index in [4.69, 9.17) is 4.74 Å². The molecule has 6 nitrogen and oxygen atoms in total. The third-order valence-electron chi connectivity index (χ3n) is 4.71. The van der Waals surface area contributed by atoms with Gasteiger partial charge in [-0.25, -0.2) is 8.42 Å². The van der Waals surface area contributed by atoms with E-state index in [2.05, 4.69) is 0 Å². The van der Waals surface area contributed by atoms with Crippen LogP contribution in [0.1, 0.15) is 32.6 Å². The highest BCUT2D eigenvalue weighted by molar-refractivity contribution is 7.89. The number of hydrogen-bond donors (Lipinski definition) is 0. The molecule has 0 aromatic heterocycles. The molecule has 3 aliphatic rings. The largest absolute Gasteiger partial charge is 0.371 e. The highest BCUT2D eigenvalue weighted by Crippen LogP contribution is 2.34. The van der Waals surface area contributed by atoms with Crippen LogP contribution in [0.25, 0.3) is 0 Å². The molecule has 120 valence electrons. The van der Waals surface area contributed by atoms with Crippen LogP contribution in [-0.4, -0.2) is 67.7 Å². The van der Waals surface area contributed by atoms with Crippen molar-refractivity contribution in [3.63, 3.8) is 0 Å². The summed E-state index contributed by atoms with van der Waals surface area (Å²) in [6.45, 7) is 4.28. The molecule has 3 rings (SSSR count). The Bertz CT molecular complexity index is 501. The minimum absolute atomic E-state index is 0.119. The summed E-state index contributed by atoms with van der Waals surface area (Å²) < 4.78 is 31.8. The lowest BCUT2D eigenvalue weighted by molar-refractivity contribution is -0.136. The van der Waals surface area contributed by atoms with Crippen molar-refractivity contribution in [1.29, 1.82) is 0 Å². The van der Waals surface area contributed by atoms with Gasteiger partial charge in [0, 0.05) is 26.2 Å². The quantitative estimate of drug-likeness (QED) is 0.755. The molecule has 0 aliphatic carbocycles. The minimum atomic E-state index is -3.20. The zero-order chi connectivity index (χ0) is 15.0. The SMILES string of the molecule is CCCS(=O)(=O)N1C[C@@H]2C[C@@H](C(=O)N3CCCC3)[C@H](C1)O2. The van der Waals surface area contributed by atoms with Gasteiger partial charge < -0.3 is 9.64 Å². The summed E-state index contributed by atoms with van der Waals surface area (Å²) in [5.74, 6) is 0.182. The van der Waals surface area contributed by atoms with Crippen LogP contribution in [0.5, 0.6) is 0 Å². The molecule has 3 saturated heterocycles. The lowest BCUT2D eigenvalue weighted by atomic mass is 9.99. The molecule has 3 atom stereocenters. The Kier molecular flexibility index (Phi) is 4.25. The predicted octanol–water partition coefficient (Wildman–Crippen LogP) is 0.438. The van der Waals surface area contributed by atoms with Crippen LogP contribution in [-0.2, 0) is 19.6 Å². The number of hydrogen-bond acceptors (Lipinski definition) is 4. The number of nitrogens with zero attached hydrogens (tertiary/aromatic N) is 2. The van der Waals surface area contributed by atoms with Crippen LogP contribution in [0.3, 0.4) is 0 Å². The molecule has 3 heterocycles. The lowest BCUT2D eigenvalue weighted by Crippen LogP contribution is -2.48. The minimum Gasteiger partial charge on any atom is -0.371 e. The Hall–Kier alpha value is -0.660. The maximum atomic E-state index is 12.6. The fraction of sp³-hybridized carbons (Fsp3) is 0.929. The highest BCUT2D eigenvalue weighted by atomic mass is 32.2. The van der Waals surface area contributed by atoms with Crippen molar-refractivity contribution >= 4 is 15.9 Å². The first-order chi connectivity index (χ1) is 10.0. The maximum absolute atomic E-state index is 12.6. The Morgan fingerprint density at radius 1 is 1.24 bits per heavy atom. The van der Waals surface area contributed by atoms with Crippen LogP contribution in [0.4, 0.5) is 0 Å². The van der Waals surface area contributed by atoms with E-state index in [9.17, 15) is 13.2 Å². The van der Waals surface area contributed by atoms with Gasteiger partial charge in [0.05, 0.1) is 23.9 Å². The standard InChI is InChI=1S/C14H24N2O4S/c1-2-7-21(18,19)16-9-11-8-12(13(10-16)20-11)14(17)15-5-3-4-6-15/h11-13H,2-10H2,1H3/t11-,12+,13-/m0/s1. The second-order valence-electron chi connectivity index (χ2n) is 6.30. The monoisotopic (exact) mass is 316 g/mol. The molecule has 0 spiro atoms. The van der Waals surface area contributed by atoms with E-state index < -0.39 is 10.0 Å². The summed E-state index contributed by atoms with van der Waals surface area (Å²) in [5.41, 5.74) is 0.